The summed E-state index contributed by atoms with van der Waals surface area (Å²) in [6.45, 7) is 3.60. The Morgan fingerprint density at radius 2 is 2.06 bits per heavy atom. The van der Waals surface area contributed by atoms with Gasteiger partial charge in [0, 0.05) is 48.8 Å². The van der Waals surface area contributed by atoms with Gasteiger partial charge in [-0.15, -0.1) is 0 Å². The number of hydrogen-bond donors (Lipinski definition) is 1. The minimum absolute atomic E-state index is 0.125. The fraction of sp³-hybridized carbons (Fsp3) is 0.280. The highest BCUT2D eigenvalue weighted by Crippen LogP contribution is 2.35. The molecule has 2 atom stereocenters. The lowest BCUT2D eigenvalue weighted by Crippen LogP contribution is -2.24. The van der Waals surface area contributed by atoms with E-state index in [2.05, 4.69) is 14.6 Å². The molecule has 1 N–H and O–H groups in total. The molecular formula is C25H26N4O3S. The molecule has 0 spiro atoms. The molecule has 2 aromatic carbocycles. The van der Waals surface area contributed by atoms with E-state index in [0.717, 1.165) is 51.0 Å². The Morgan fingerprint density at radius 1 is 1.18 bits per heavy atom. The maximum absolute atomic E-state index is 13.3. The minimum atomic E-state index is -1.44. The zero-order valence-electron chi connectivity index (χ0n) is 18.7. The van der Waals surface area contributed by atoms with Crippen LogP contribution < -0.4 is 9.62 Å². The first kappa shape index (κ1) is 21.5. The van der Waals surface area contributed by atoms with Gasteiger partial charge in [-0.25, -0.2) is 4.21 Å². The zero-order valence-corrected chi connectivity index (χ0v) is 19.5. The molecule has 3 heterocycles. The Hall–Kier alpha value is -3.39. The number of aryl methyl sites for hydroxylation is 1. The number of aromatic nitrogens is 2. The van der Waals surface area contributed by atoms with Gasteiger partial charge in [0.25, 0.3) is 0 Å². The van der Waals surface area contributed by atoms with Gasteiger partial charge in [-0.3, -0.25) is 9.78 Å². The quantitative estimate of drug-likeness (QED) is 0.434. The lowest BCUT2D eigenvalue weighted by Gasteiger charge is -2.21. The van der Waals surface area contributed by atoms with Crippen LogP contribution in [0.4, 0.5) is 11.4 Å². The molecule has 5 rings (SSSR count). The van der Waals surface area contributed by atoms with Crippen molar-refractivity contribution >= 4 is 50.1 Å². The van der Waals surface area contributed by atoms with Crippen LogP contribution in [-0.4, -0.2) is 39.4 Å². The molecule has 1 fully saturated rings. The highest BCUT2D eigenvalue weighted by atomic mass is 32.2. The predicted octanol–water partition coefficient (Wildman–Crippen LogP) is 4.25. The molecule has 4 aromatic rings. The molecule has 8 heteroatoms. The molecule has 1 unspecified atom stereocenters. The summed E-state index contributed by atoms with van der Waals surface area (Å²) in [7, 11) is 0.537. The van der Waals surface area contributed by atoms with Crippen LogP contribution in [0.1, 0.15) is 13.3 Å². The van der Waals surface area contributed by atoms with Crippen LogP contribution in [0.25, 0.3) is 21.8 Å². The second kappa shape index (κ2) is 8.86. The fourth-order valence-electron chi connectivity index (χ4n) is 4.52. The number of pyridine rings is 1. The molecule has 0 radical (unpaired) electrons. The van der Waals surface area contributed by atoms with E-state index in [0.29, 0.717) is 13.2 Å². The van der Waals surface area contributed by atoms with E-state index in [1.807, 2.05) is 73.3 Å². The first-order valence-electron chi connectivity index (χ1n) is 11.1. The summed E-state index contributed by atoms with van der Waals surface area (Å²) < 4.78 is 23.7. The van der Waals surface area contributed by atoms with Crippen molar-refractivity contribution in [2.75, 3.05) is 29.3 Å². The van der Waals surface area contributed by atoms with Crippen LogP contribution in [-0.2, 0) is 27.6 Å². The van der Waals surface area contributed by atoms with Crippen molar-refractivity contribution in [3.63, 3.8) is 0 Å². The molecule has 33 heavy (non-hydrogen) atoms. The van der Waals surface area contributed by atoms with E-state index in [4.69, 9.17) is 4.74 Å². The van der Waals surface area contributed by atoms with Gasteiger partial charge in [0.1, 0.15) is 0 Å². The largest absolute Gasteiger partial charge is 0.466 e. The smallest absolute Gasteiger partial charge is 0.310 e. The third-order valence-electron chi connectivity index (χ3n) is 6.19. The van der Waals surface area contributed by atoms with Gasteiger partial charge in [0.05, 0.1) is 34.3 Å². The van der Waals surface area contributed by atoms with E-state index in [-0.39, 0.29) is 11.9 Å². The van der Waals surface area contributed by atoms with E-state index < -0.39 is 11.0 Å². The predicted molar refractivity (Wildman–Crippen MR) is 132 cm³/mol. The molecule has 2 aromatic heterocycles. The summed E-state index contributed by atoms with van der Waals surface area (Å²) in [6, 6.07) is 15.6. The molecule has 1 aliphatic rings. The van der Waals surface area contributed by atoms with Gasteiger partial charge in [0.15, 0.2) is 11.0 Å². The second-order valence-corrected chi connectivity index (χ2v) is 9.38. The third-order valence-corrected chi connectivity index (χ3v) is 7.35. The number of carbonyl (C=O) groups is 1. The molecule has 1 saturated heterocycles. The maximum atomic E-state index is 13.3. The number of hydrogen-bond acceptors (Lipinski definition) is 5. The van der Waals surface area contributed by atoms with E-state index in [1.165, 1.54) is 0 Å². The third kappa shape index (κ3) is 3.95. The lowest BCUT2D eigenvalue weighted by atomic mass is 10.1. The van der Waals surface area contributed by atoms with Crippen LogP contribution in [0.5, 0.6) is 0 Å². The average molecular weight is 463 g/mol. The van der Waals surface area contributed by atoms with Crippen molar-refractivity contribution in [3.05, 3.63) is 60.9 Å². The zero-order chi connectivity index (χ0) is 22.9. The number of anilines is 2. The molecule has 1 aliphatic heterocycles. The monoisotopic (exact) mass is 462 g/mol. The van der Waals surface area contributed by atoms with Crippen LogP contribution in [0, 0.1) is 5.92 Å². The van der Waals surface area contributed by atoms with Gasteiger partial charge in [-0.05, 0) is 55.8 Å². The molecule has 170 valence electrons. The first-order chi connectivity index (χ1) is 16.1. The number of nitrogens with zero attached hydrogens (tertiary/aromatic N) is 3. The SMILES string of the molecule is CCOC(=O)[C@@H]1CCN(c2ccc(NS(=O)c3cccc4c3ccn4C)c3cccnc23)C1. The number of nitrogens with one attached hydrogen (secondary N) is 1. The average Bonchev–Trinajstić information content (AvgIpc) is 3.47. The van der Waals surface area contributed by atoms with Gasteiger partial charge < -0.3 is 18.9 Å². The van der Waals surface area contributed by atoms with Crippen LogP contribution in [0.15, 0.2) is 65.8 Å². The summed E-state index contributed by atoms with van der Waals surface area (Å²) in [5.74, 6) is -0.263. The number of esters is 1. The van der Waals surface area contributed by atoms with Crippen molar-refractivity contribution in [3.8, 4) is 0 Å². The van der Waals surface area contributed by atoms with Crippen molar-refractivity contribution in [2.24, 2.45) is 13.0 Å². The van der Waals surface area contributed by atoms with E-state index >= 15 is 0 Å². The van der Waals surface area contributed by atoms with Gasteiger partial charge in [-0.2, -0.15) is 0 Å². The minimum Gasteiger partial charge on any atom is -0.466 e. The number of benzene rings is 2. The molecule has 0 aliphatic carbocycles. The number of carbonyl (C=O) groups excluding carboxylic acids is 1. The van der Waals surface area contributed by atoms with Gasteiger partial charge in [-0.1, -0.05) is 6.07 Å². The van der Waals surface area contributed by atoms with Gasteiger partial charge >= 0.3 is 5.97 Å². The normalized spacial score (nSPS) is 16.9. The topological polar surface area (TPSA) is 76.5 Å². The number of fused-ring (bicyclic) bond motifs is 2. The Bertz CT molecular complexity index is 1370. The maximum Gasteiger partial charge on any atom is 0.310 e. The number of rotatable bonds is 6. The van der Waals surface area contributed by atoms with Crippen molar-refractivity contribution in [2.45, 2.75) is 18.2 Å². The molecule has 7 nitrogen and oxygen atoms in total. The van der Waals surface area contributed by atoms with E-state index in [1.54, 1.807) is 6.20 Å². The van der Waals surface area contributed by atoms with Crippen molar-refractivity contribution in [1.29, 1.82) is 0 Å². The van der Waals surface area contributed by atoms with Crippen LogP contribution in [0.3, 0.4) is 0 Å². The molecule has 0 bridgehead atoms. The highest BCUT2D eigenvalue weighted by Gasteiger charge is 2.30. The summed E-state index contributed by atoms with van der Waals surface area (Å²) in [6.07, 6.45) is 4.49. The Kier molecular flexibility index (Phi) is 5.76. The summed E-state index contributed by atoms with van der Waals surface area (Å²) in [5, 5.41) is 1.86. The summed E-state index contributed by atoms with van der Waals surface area (Å²) in [4.78, 5) is 19.7. The summed E-state index contributed by atoms with van der Waals surface area (Å²) >= 11 is 0. The Balaban J connectivity index is 1.45. The number of ether oxygens (including phenoxy) is 1. The molecule has 0 amide bonds. The molecular weight excluding hydrogens is 436 g/mol. The molecule has 0 saturated carbocycles. The Morgan fingerprint density at radius 3 is 2.91 bits per heavy atom. The first-order valence-corrected chi connectivity index (χ1v) is 12.2. The lowest BCUT2D eigenvalue weighted by molar-refractivity contribution is -0.147. The van der Waals surface area contributed by atoms with E-state index in [9.17, 15) is 9.00 Å². The highest BCUT2D eigenvalue weighted by molar-refractivity contribution is 7.86. The van der Waals surface area contributed by atoms with Crippen molar-refractivity contribution in [1.82, 2.24) is 9.55 Å². The summed E-state index contributed by atoms with van der Waals surface area (Å²) in [5.41, 5.74) is 3.59. The van der Waals surface area contributed by atoms with Crippen molar-refractivity contribution < 1.29 is 13.7 Å². The second-order valence-electron chi connectivity index (χ2n) is 8.20. The standard InChI is InChI=1S/C25H26N4O3S/c1-3-32-25(30)17-11-15-29(16-17)22-10-9-20(18-6-5-13-26-24(18)22)27-33(31)23-8-4-7-21-19(23)12-14-28(21)2/h4-10,12-14,17,27H,3,11,15-16H2,1-2H3/t17-,33?/m1/s1. The van der Waals surface area contributed by atoms with Crippen LogP contribution >= 0.6 is 0 Å². The fourth-order valence-corrected chi connectivity index (χ4v) is 5.59. The Labute approximate surface area is 194 Å². The van der Waals surface area contributed by atoms with Gasteiger partial charge in [0.2, 0.25) is 0 Å². The van der Waals surface area contributed by atoms with Crippen LogP contribution in [0.2, 0.25) is 0 Å².